The van der Waals surface area contributed by atoms with E-state index in [1.165, 1.54) is 11.0 Å². The summed E-state index contributed by atoms with van der Waals surface area (Å²) in [4.78, 5) is 27.2. The van der Waals surface area contributed by atoms with Gasteiger partial charge in [-0.3, -0.25) is 9.59 Å². The summed E-state index contributed by atoms with van der Waals surface area (Å²) in [6.45, 7) is 0.640. The van der Waals surface area contributed by atoms with E-state index in [-0.39, 0.29) is 17.4 Å². The van der Waals surface area contributed by atoms with Crippen LogP contribution in [0.4, 0.5) is 0 Å². The highest BCUT2D eigenvalue weighted by atomic mass is 32.2. The second-order valence-corrected chi connectivity index (χ2v) is 8.14. The first-order valence-electron chi connectivity index (χ1n) is 8.35. The Morgan fingerprint density at radius 3 is 2.77 bits per heavy atom. The molecule has 0 unspecified atom stereocenters. The van der Waals surface area contributed by atoms with Gasteiger partial charge < -0.3 is 14.5 Å². The Bertz CT molecular complexity index is 863. The van der Waals surface area contributed by atoms with Crippen LogP contribution >= 0.6 is 0 Å². The topological polar surface area (TPSA) is 96.3 Å². The average Bonchev–Trinajstić information content (AvgIpc) is 2.91. The van der Waals surface area contributed by atoms with Crippen molar-refractivity contribution >= 4 is 27.7 Å². The van der Waals surface area contributed by atoms with Crippen LogP contribution in [0.2, 0.25) is 0 Å². The number of benzene rings is 1. The number of esters is 1. The van der Waals surface area contributed by atoms with E-state index in [2.05, 4.69) is 4.40 Å². The van der Waals surface area contributed by atoms with Gasteiger partial charge in [0.25, 0.3) is 15.9 Å². The highest BCUT2D eigenvalue weighted by Crippen LogP contribution is 2.29. The molecule has 0 radical (unpaired) electrons. The molecule has 0 aliphatic carbocycles. The molecule has 1 amide bonds. The van der Waals surface area contributed by atoms with Gasteiger partial charge in [0, 0.05) is 32.7 Å². The van der Waals surface area contributed by atoms with Gasteiger partial charge in [-0.1, -0.05) is 12.1 Å². The van der Waals surface area contributed by atoms with E-state index in [4.69, 9.17) is 4.74 Å². The lowest BCUT2D eigenvalue weighted by atomic mass is 9.97. The van der Waals surface area contributed by atoms with Crippen LogP contribution in [0.25, 0.3) is 0 Å². The predicted molar refractivity (Wildman–Crippen MR) is 94.1 cm³/mol. The van der Waals surface area contributed by atoms with Crippen LogP contribution < -0.4 is 0 Å². The Balaban J connectivity index is 1.72. The van der Waals surface area contributed by atoms with Gasteiger partial charge in [0.05, 0.1) is 5.92 Å². The molecule has 2 aliphatic rings. The molecule has 1 aromatic carbocycles. The van der Waals surface area contributed by atoms with Crippen molar-refractivity contribution in [2.45, 2.75) is 17.7 Å². The Kier molecular flexibility index (Phi) is 4.99. The smallest absolute Gasteiger partial charge is 0.311 e. The van der Waals surface area contributed by atoms with Crippen LogP contribution in [0, 0.1) is 5.92 Å². The molecule has 0 N–H and O–H groups in total. The van der Waals surface area contributed by atoms with Crippen LogP contribution in [-0.4, -0.2) is 69.7 Å². The van der Waals surface area contributed by atoms with Crippen LogP contribution in [0.1, 0.15) is 18.4 Å². The average molecular weight is 379 g/mol. The minimum absolute atomic E-state index is 0.191. The molecule has 0 spiro atoms. The fourth-order valence-electron chi connectivity index (χ4n) is 3.06. The molecule has 2 aliphatic heterocycles. The van der Waals surface area contributed by atoms with Gasteiger partial charge >= 0.3 is 5.97 Å². The van der Waals surface area contributed by atoms with Crippen molar-refractivity contribution in [3.05, 3.63) is 29.8 Å². The van der Waals surface area contributed by atoms with Crippen molar-refractivity contribution < 1.29 is 22.7 Å². The number of ether oxygens (including phenoxy) is 1. The third-order valence-corrected chi connectivity index (χ3v) is 5.83. The summed E-state index contributed by atoms with van der Waals surface area (Å²) in [5.74, 6) is -0.773. The fourth-order valence-corrected chi connectivity index (χ4v) is 4.29. The molecule has 0 bridgehead atoms. The number of carbonyl (C=O) groups is 2. The number of amidine groups is 1. The molecule has 3 rings (SSSR count). The molecule has 8 nitrogen and oxygen atoms in total. The first-order valence-corrected chi connectivity index (χ1v) is 9.79. The number of carbonyl (C=O) groups excluding carboxylic acids is 2. The number of piperidine rings is 1. The van der Waals surface area contributed by atoms with Crippen LogP contribution in [0.5, 0.6) is 0 Å². The highest BCUT2D eigenvalue weighted by Gasteiger charge is 2.35. The van der Waals surface area contributed by atoms with Crippen LogP contribution in [0.3, 0.4) is 0 Å². The van der Waals surface area contributed by atoms with Crippen molar-refractivity contribution in [3.8, 4) is 0 Å². The molecule has 1 atom stereocenters. The number of rotatable bonds is 3. The second-order valence-electron chi connectivity index (χ2n) is 6.57. The maximum Gasteiger partial charge on any atom is 0.311 e. The van der Waals surface area contributed by atoms with E-state index in [9.17, 15) is 18.0 Å². The third-order valence-electron chi connectivity index (χ3n) is 4.50. The first-order chi connectivity index (χ1) is 12.3. The zero-order chi connectivity index (χ0) is 18.9. The molecule has 26 heavy (non-hydrogen) atoms. The molecule has 2 heterocycles. The number of hydrogen-bond donors (Lipinski definition) is 0. The fraction of sp³-hybridized carbons (Fsp3) is 0.471. The maximum atomic E-state index is 12.3. The molecular formula is C17H21N3O5S. The molecule has 0 aromatic heterocycles. The minimum Gasteiger partial charge on any atom is -0.455 e. The lowest BCUT2D eigenvalue weighted by molar-refractivity contribution is -0.155. The predicted octanol–water partition coefficient (Wildman–Crippen LogP) is 0.479. The van der Waals surface area contributed by atoms with Crippen molar-refractivity contribution in [3.63, 3.8) is 0 Å². The van der Waals surface area contributed by atoms with E-state index >= 15 is 0 Å². The van der Waals surface area contributed by atoms with Crippen LogP contribution in [-0.2, 0) is 24.3 Å². The monoisotopic (exact) mass is 379 g/mol. The number of hydrogen-bond acceptors (Lipinski definition) is 6. The summed E-state index contributed by atoms with van der Waals surface area (Å²) < 4.78 is 33.4. The molecule has 9 heteroatoms. The van der Waals surface area contributed by atoms with Crippen molar-refractivity contribution in [1.82, 2.24) is 9.80 Å². The van der Waals surface area contributed by atoms with Crippen LogP contribution in [0.15, 0.2) is 33.6 Å². The SMILES string of the molecule is CN(C)C(=O)COC(=O)[C@H]1CCCN(C2=NS(=O)(=O)c3ccccc32)C1. The molecule has 140 valence electrons. The number of likely N-dealkylation sites (tertiary alicyclic amines) is 1. The number of nitrogens with zero attached hydrogens (tertiary/aromatic N) is 3. The molecule has 1 saturated heterocycles. The summed E-state index contributed by atoms with van der Waals surface area (Å²) in [5.41, 5.74) is 0.560. The Morgan fingerprint density at radius 2 is 2.04 bits per heavy atom. The Hall–Kier alpha value is -2.42. The molecular weight excluding hydrogens is 358 g/mol. The van der Waals surface area contributed by atoms with E-state index < -0.39 is 21.9 Å². The molecule has 0 saturated carbocycles. The third kappa shape index (κ3) is 3.57. The summed E-state index contributed by atoms with van der Waals surface area (Å²) in [6.07, 6.45) is 1.34. The zero-order valence-corrected chi connectivity index (χ0v) is 15.5. The largest absolute Gasteiger partial charge is 0.455 e. The van der Waals surface area contributed by atoms with Crippen molar-refractivity contribution in [2.75, 3.05) is 33.8 Å². The quantitative estimate of drug-likeness (QED) is 0.709. The van der Waals surface area contributed by atoms with Gasteiger partial charge in [0.2, 0.25) is 0 Å². The number of sulfonamides is 1. The van der Waals surface area contributed by atoms with Gasteiger partial charge in [0.1, 0.15) is 4.90 Å². The van der Waals surface area contributed by atoms with Gasteiger partial charge in [-0.15, -0.1) is 4.40 Å². The van der Waals surface area contributed by atoms with Gasteiger partial charge in [0.15, 0.2) is 12.4 Å². The van der Waals surface area contributed by atoms with Gasteiger partial charge in [-0.05, 0) is 25.0 Å². The van der Waals surface area contributed by atoms with Crippen molar-refractivity contribution in [2.24, 2.45) is 10.3 Å². The Morgan fingerprint density at radius 1 is 1.31 bits per heavy atom. The van der Waals surface area contributed by atoms with Gasteiger partial charge in [-0.25, -0.2) is 0 Å². The summed E-state index contributed by atoms with van der Waals surface area (Å²) >= 11 is 0. The normalized spacial score (nSPS) is 20.9. The number of likely N-dealkylation sites (N-methyl/N-ethyl adjacent to an activating group) is 1. The van der Waals surface area contributed by atoms with E-state index in [0.29, 0.717) is 37.3 Å². The summed E-state index contributed by atoms with van der Waals surface area (Å²) in [7, 11) is -0.509. The Labute approximate surface area is 152 Å². The lowest BCUT2D eigenvalue weighted by Gasteiger charge is -2.32. The van der Waals surface area contributed by atoms with Crippen molar-refractivity contribution in [1.29, 1.82) is 0 Å². The summed E-state index contributed by atoms with van der Waals surface area (Å²) in [5, 5.41) is 0. The lowest BCUT2D eigenvalue weighted by Crippen LogP contribution is -2.43. The zero-order valence-electron chi connectivity index (χ0n) is 14.7. The minimum atomic E-state index is -3.69. The second kappa shape index (κ2) is 7.06. The highest BCUT2D eigenvalue weighted by molar-refractivity contribution is 7.90. The first kappa shape index (κ1) is 18.4. The maximum absolute atomic E-state index is 12.3. The number of amides is 1. The van der Waals surface area contributed by atoms with Gasteiger partial charge in [-0.2, -0.15) is 8.42 Å². The van der Waals surface area contributed by atoms with E-state index in [1.54, 1.807) is 32.3 Å². The van der Waals surface area contributed by atoms with E-state index in [1.807, 2.05) is 4.90 Å². The number of fused-ring (bicyclic) bond motifs is 1. The molecule has 1 aromatic rings. The van der Waals surface area contributed by atoms with E-state index in [0.717, 1.165) is 0 Å². The molecule has 1 fully saturated rings. The summed E-state index contributed by atoms with van der Waals surface area (Å²) in [6, 6.07) is 6.67. The standard InChI is InChI=1S/C17H21N3O5S/c1-19(2)15(21)11-25-17(22)12-6-5-9-20(10-12)16-13-7-3-4-8-14(13)26(23,24)18-16/h3-4,7-8,12H,5-6,9-11H2,1-2H3/t12-/m0/s1.